The number of carboxylic acids is 1. The molecule has 0 bridgehead atoms. The molecule has 1 amide bonds. The van der Waals surface area contributed by atoms with E-state index in [0.717, 1.165) is 13.1 Å². The summed E-state index contributed by atoms with van der Waals surface area (Å²) in [6.07, 6.45) is 1.25. The van der Waals surface area contributed by atoms with Gasteiger partial charge in [0.1, 0.15) is 6.61 Å². The first-order chi connectivity index (χ1) is 8.94. The van der Waals surface area contributed by atoms with Gasteiger partial charge in [0, 0.05) is 13.1 Å². The van der Waals surface area contributed by atoms with Crippen LogP contribution < -0.4 is 0 Å². The number of nitrogens with zero attached hydrogens (tertiary/aromatic N) is 1. The third-order valence-corrected chi connectivity index (χ3v) is 1.57. The average Bonchev–Trinajstić information content (AvgIpc) is 2.32. The summed E-state index contributed by atoms with van der Waals surface area (Å²) in [5.41, 5.74) is 0. The second-order valence-electron chi connectivity index (χ2n) is 3.36. The zero-order valence-electron chi connectivity index (χ0n) is 13.9. The maximum Gasteiger partial charge on any atom is 0.326 e. The van der Waals surface area contributed by atoms with E-state index in [4.69, 9.17) is 5.11 Å². The number of hydrogen-bond donors (Lipinski definition) is 1. The summed E-state index contributed by atoms with van der Waals surface area (Å²) in [6.45, 7) is 9.36. The molecule has 0 aromatic rings. The quantitative estimate of drug-likeness (QED) is 0.416. The maximum atomic E-state index is 11.0. The molecular weight excluding hydrogens is 784 g/mol. The van der Waals surface area contributed by atoms with Gasteiger partial charge >= 0.3 is 5.97 Å². The summed E-state index contributed by atoms with van der Waals surface area (Å²) in [4.78, 5) is 22.1. The molecule has 0 aliphatic carbocycles. The molecule has 0 aliphatic rings. The van der Waals surface area contributed by atoms with Crippen molar-refractivity contribution in [1.82, 2.24) is 4.90 Å². The normalized spacial score (nSPS) is 7.71. The molecule has 8 heteroatoms. The fraction of sp³-hybridized carbons (Fsp3) is 0.692. The minimum Gasteiger partial charge on any atom is -0.548 e. The topological polar surface area (TPSA) is 76.1 Å². The van der Waals surface area contributed by atoms with Gasteiger partial charge in [-0.05, 0) is 13.8 Å². The third kappa shape index (κ3) is 31.6. The molecule has 0 fully saturated rings. The van der Waals surface area contributed by atoms with Crippen molar-refractivity contribution in [2.75, 3.05) is 26.3 Å². The van der Waals surface area contributed by atoms with Crippen molar-refractivity contribution in [2.45, 2.75) is 34.1 Å². The zero-order chi connectivity index (χ0) is 15.7. The number of carbonyl (C=O) groups excluding carboxylic acids is 1. The number of hydrogen-bond acceptors (Lipinski definition) is 4. The number of likely N-dealkylation sites (N-methyl/N-ethyl adjacent to an activating group) is 1. The summed E-state index contributed by atoms with van der Waals surface area (Å²) in [5.74, 6) is -0.995. The van der Waals surface area contributed by atoms with Gasteiger partial charge in [0.15, 0.2) is 0 Å². The van der Waals surface area contributed by atoms with Crippen LogP contribution in [0.4, 0.5) is 0 Å². The van der Waals surface area contributed by atoms with Crippen molar-refractivity contribution in [3.05, 3.63) is 14.2 Å². The molecular formula is C13H27NO5Rf2-2. The molecule has 0 atom stereocenters. The Balaban J connectivity index is -0.0000000673. The van der Waals surface area contributed by atoms with Gasteiger partial charge in [-0.15, -0.1) is 0 Å². The van der Waals surface area contributed by atoms with E-state index in [1.165, 1.54) is 6.42 Å². The van der Waals surface area contributed by atoms with Gasteiger partial charge in [-0.1, -0.05) is 20.3 Å². The second-order valence-corrected chi connectivity index (χ2v) is 3.36. The van der Waals surface area contributed by atoms with Gasteiger partial charge < -0.3 is 19.5 Å². The Bertz CT molecular complexity index is 215. The molecule has 0 radical (unpaired) electrons. The summed E-state index contributed by atoms with van der Waals surface area (Å²) in [5, 5.41) is 7.75. The van der Waals surface area contributed by atoms with Crippen LogP contribution in [-0.2, 0) is 19.1 Å². The van der Waals surface area contributed by atoms with Gasteiger partial charge in [0.2, 0.25) is 5.91 Å². The molecule has 0 rings (SSSR count). The largest absolute Gasteiger partial charge is 0.548 e. The number of ether oxygens (including phenoxy) is 2. The number of rotatable bonds is 6. The molecule has 0 heterocycles. The first-order valence-corrected chi connectivity index (χ1v) is 6.18. The molecule has 0 aromatic heterocycles. The van der Waals surface area contributed by atoms with E-state index in [0.29, 0.717) is 0 Å². The Morgan fingerprint density at radius 3 is 1.43 bits per heavy atom. The average molecular weight is 811 g/mol. The molecule has 6 nitrogen and oxygen atoms in total. The van der Waals surface area contributed by atoms with Crippen molar-refractivity contribution in [2.24, 2.45) is 0 Å². The van der Waals surface area contributed by atoms with Crippen LogP contribution in [0.3, 0.4) is 0 Å². The molecule has 0 aliphatic heterocycles. The van der Waals surface area contributed by atoms with Gasteiger partial charge in [0.25, 0.3) is 0 Å². The number of aliphatic carboxylic acids is 1. The van der Waals surface area contributed by atoms with E-state index in [1.54, 1.807) is 4.90 Å². The molecule has 21 heavy (non-hydrogen) atoms. The van der Waals surface area contributed by atoms with E-state index in [9.17, 15) is 9.59 Å². The summed E-state index contributed by atoms with van der Waals surface area (Å²) in [7, 11) is 5.97. The summed E-state index contributed by atoms with van der Waals surface area (Å²) >= 11 is 0. The van der Waals surface area contributed by atoms with Crippen molar-refractivity contribution in [3.63, 3.8) is 0 Å². The van der Waals surface area contributed by atoms with E-state index in [-0.39, 0.29) is 19.1 Å². The molecule has 0 spiro atoms. The third-order valence-electron chi connectivity index (χ3n) is 1.57. The van der Waals surface area contributed by atoms with E-state index in [2.05, 4.69) is 37.5 Å². The van der Waals surface area contributed by atoms with Gasteiger partial charge in [0.05, 0.1) is 6.61 Å². The fourth-order valence-electron chi connectivity index (χ4n) is 0.842. The van der Waals surface area contributed by atoms with Crippen molar-refractivity contribution in [3.8, 4) is 0 Å². The molecule has 120 valence electrons. The van der Waals surface area contributed by atoms with Crippen LogP contribution in [-0.4, -0.2) is 48.2 Å². The van der Waals surface area contributed by atoms with Crippen LogP contribution in [0, 0.1) is 14.2 Å². The minimum absolute atomic E-state index is 0. The predicted molar refractivity (Wildman–Crippen MR) is 74.1 cm³/mol. The monoisotopic (exact) mass is 811 g/mol. The van der Waals surface area contributed by atoms with E-state index >= 15 is 0 Å². The van der Waals surface area contributed by atoms with Gasteiger partial charge in [-0.3, -0.25) is 4.79 Å². The van der Waals surface area contributed by atoms with E-state index in [1.807, 2.05) is 13.8 Å². The minimum atomic E-state index is -0.995. The van der Waals surface area contributed by atoms with Crippen LogP contribution in [0.5, 0.6) is 0 Å². The Labute approximate surface area is 116 Å². The molecule has 0 aromatic carbocycles. The Morgan fingerprint density at radius 2 is 1.29 bits per heavy atom. The molecule has 0 saturated heterocycles. The zero-order valence-corrected chi connectivity index (χ0v) is 26.7. The van der Waals surface area contributed by atoms with Crippen molar-refractivity contribution in [1.29, 1.82) is 0 Å². The van der Waals surface area contributed by atoms with Crippen molar-refractivity contribution < 1.29 is 24.2 Å². The Hall–Kier alpha value is -3.14. The predicted octanol–water partition coefficient (Wildman–Crippen LogP) is 1.96. The summed E-state index contributed by atoms with van der Waals surface area (Å²) in [6, 6.07) is 0. The van der Waals surface area contributed by atoms with Gasteiger partial charge in [-0.2, -0.15) is 0 Å². The molecule has 0 saturated carbocycles. The van der Waals surface area contributed by atoms with Crippen LogP contribution in [0.2, 0.25) is 0 Å². The molecule has 1 N–H and O–H groups in total. The smallest absolute Gasteiger partial charge is 0.326 e. The van der Waals surface area contributed by atoms with Crippen LogP contribution in [0.15, 0.2) is 0 Å². The number of carbonyl (C=O) groups is 2. The van der Waals surface area contributed by atoms with E-state index < -0.39 is 5.97 Å². The Morgan fingerprint density at radius 1 is 0.952 bits per heavy atom. The summed E-state index contributed by atoms with van der Waals surface area (Å²) < 4.78 is 8.40. The second kappa shape index (κ2) is 25.6. The molecule has 0 unspecified atom stereocenters. The number of carboxylic acid groups (broad SMARTS) is 1. The standard InChI is InChI=1S/C7H14NO2.C3H5O3.C3H8.2Rf/c1-4-8(5-2)7(9)6-10-3;1-6-2-3(4)5;1-3-2;;/h3-6H2,1-2H3;1-2H2,(H,4,5);3H2,1-2H3;;/q2*-1;;;. The maximum absolute atomic E-state index is 11.0. The Kier molecular flexibility index (Phi) is 37.5. The van der Waals surface area contributed by atoms with Gasteiger partial charge in [-0.25, -0.2) is 19.0 Å². The fourth-order valence-corrected chi connectivity index (χ4v) is 0.842. The number of amides is 1. The van der Waals surface area contributed by atoms with Crippen LogP contribution >= 0.6 is 0 Å². The SMILES string of the molecule is CCC.[CH2-]OCC(=O)N(CC)CC.[CH2-]OCC(=O)O.[Rf].[Rf]. The van der Waals surface area contributed by atoms with Crippen molar-refractivity contribution >= 4 is 11.9 Å². The first-order valence-electron chi connectivity index (χ1n) is 6.18. The van der Waals surface area contributed by atoms with Crippen LogP contribution in [0.25, 0.3) is 0 Å². The van der Waals surface area contributed by atoms with Crippen LogP contribution in [0.1, 0.15) is 34.1 Å². The first kappa shape index (κ1) is 30.7.